The van der Waals surface area contributed by atoms with Crippen LogP contribution in [0.15, 0.2) is 24.3 Å². The van der Waals surface area contributed by atoms with Crippen molar-refractivity contribution < 1.29 is 14.3 Å². The molecule has 1 saturated heterocycles. The van der Waals surface area contributed by atoms with Gasteiger partial charge in [-0.1, -0.05) is 31.5 Å². The monoisotopic (exact) mass is 354 g/mol. The maximum absolute atomic E-state index is 13.1. The molecule has 26 heavy (non-hydrogen) atoms. The number of hydrogen-bond acceptors (Lipinski definition) is 4. The van der Waals surface area contributed by atoms with Crippen LogP contribution in [0.4, 0.5) is 0 Å². The molecule has 1 aliphatic carbocycles. The van der Waals surface area contributed by atoms with Crippen LogP contribution in [-0.4, -0.2) is 48.4 Å². The molecule has 2 aromatic rings. The number of ketones is 1. The van der Waals surface area contributed by atoms with E-state index in [9.17, 15) is 9.59 Å². The minimum atomic E-state index is -0.255. The lowest BCUT2D eigenvalue weighted by molar-refractivity contribution is -0.154. The highest BCUT2D eigenvalue weighted by Crippen LogP contribution is 2.42. The van der Waals surface area contributed by atoms with Crippen molar-refractivity contribution in [1.82, 2.24) is 9.88 Å². The molecule has 1 aromatic heterocycles. The first-order valence-electron chi connectivity index (χ1n) is 9.46. The smallest absolute Gasteiger partial charge is 0.310 e. The van der Waals surface area contributed by atoms with Crippen LogP contribution in [0.1, 0.15) is 35.8 Å². The Kier molecular flexibility index (Phi) is 4.35. The maximum atomic E-state index is 13.1. The number of Topliss-reactive ketones (excluding diaryl/α,β-unsaturated/α-hetero) is 1. The van der Waals surface area contributed by atoms with Crippen molar-refractivity contribution in [3.63, 3.8) is 0 Å². The van der Waals surface area contributed by atoms with Crippen molar-refractivity contribution in [3.05, 3.63) is 35.5 Å². The molecule has 0 amide bonds. The van der Waals surface area contributed by atoms with E-state index in [4.69, 9.17) is 4.74 Å². The lowest BCUT2D eigenvalue weighted by Gasteiger charge is -2.47. The molecule has 0 radical (unpaired) electrons. The zero-order valence-corrected chi connectivity index (χ0v) is 15.6. The van der Waals surface area contributed by atoms with Crippen LogP contribution in [-0.2, 0) is 16.0 Å². The van der Waals surface area contributed by atoms with Crippen LogP contribution in [0, 0.1) is 17.8 Å². The Morgan fingerprint density at radius 1 is 1.31 bits per heavy atom. The number of nitrogens with one attached hydrogen (secondary N) is 1. The number of para-hydroxylation sites is 1. The fraction of sp³-hybridized carbons (Fsp3) is 0.524. The predicted octanol–water partition coefficient (Wildman–Crippen LogP) is 3.04. The molecule has 1 unspecified atom stereocenters. The van der Waals surface area contributed by atoms with Gasteiger partial charge >= 0.3 is 5.97 Å². The molecule has 0 saturated carbocycles. The Balaban J connectivity index is 1.88. The summed E-state index contributed by atoms with van der Waals surface area (Å²) in [4.78, 5) is 31.5. The van der Waals surface area contributed by atoms with Gasteiger partial charge in [-0.2, -0.15) is 0 Å². The molecule has 2 aliphatic rings. The Morgan fingerprint density at radius 3 is 2.81 bits per heavy atom. The molecule has 4 rings (SSSR count). The lowest BCUT2D eigenvalue weighted by Crippen LogP contribution is -2.56. The zero-order valence-electron chi connectivity index (χ0n) is 15.6. The Morgan fingerprint density at radius 2 is 2.08 bits per heavy atom. The first-order valence-corrected chi connectivity index (χ1v) is 9.46. The molecular formula is C21H26N2O3. The summed E-state index contributed by atoms with van der Waals surface area (Å²) >= 11 is 0. The molecule has 1 aliphatic heterocycles. The van der Waals surface area contributed by atoms with Crippen molar-refractivity contribution in [2.45, 2.75) is 32.2 Å². The number of H-pyrrole nitrogens is 1. The number of aromatic amines is 1. The van der Waals surface area contributed by atoms with Gasteiger partial charge in [0.15, 0.2) is 5.78 Å². The summed E-state index contributed by atoms with van der Waals surface area (Å²) in [6.07, 6.45) is 2.05. The summed E-state index contributed by atoms with van der Waals surface area (Å²) in [5.41, 5.74) is 2.77. The predicted molar refractivity (Wildman–Crippen MR) is 100 cm³/mol. The Hall–Kier alpha value is -2.14. The third-order valence-electron chi connectivity index (χ3n) is 6.49. The van der Waals surface area contributed by atoms with Gasteiger partial charge in [-0.15, -0.1) is 0 Å². The van der Waals surface area contributed by atoms with Crippen molar-refractivity contribution in [2.75, 3.05) is 20.7 Å². The number of carbonyl (C=O) groups is 2. The number of piperidine rings is 1. The molecule has 0 spiro atoms. The number of hydrogen-bond donors (Lipinski definition) is 1. The molecular weight excluding hydrogens is 328 g/mol. The van der Waals surface area contributed by atoms with Gasteiger partial charge in [-0.25, -0.2) is 0 Å². The van der Waals surface area contributed by atoms with Crippen molar-refractivity contribution in [2.24, 2.45) is 17.8 Å². The molecule has 2 heterocycles. The fourth-order valence-corrected chi connectivity index (χ4v) is 5.15. The fourth-order valence-electron chi connectivity index (χ4n) is 5.15. The van der Waals surface area contributed by atoms with Crippen molar-refractivity contribution in [3.8, 4) is 0 Å². The van der Waals surface area contributed by atoms with Crippen LogP contribution in [0.5, 0.6) is 0 Å². The number of methoxy groups -OCH3 is 1. The van der Waals surface area contributed by atoms with Gasteiger partial charge in [0.2, 0.25) is 0 Å². The van der Waals surface area contributed by atoms with Gasteiger partial charge in [0.25, 0.3) is 0 Å². The van der Waals surface area contributed by atoms with E-state index in [0.29, 0.717) is 18.8 Å². The minimum absolute atomic E-state index is 0.0423. The van der Waals surface area contributed by atoms with E-state index in [1.54, 1.807) is 0 Å². The maximum Gasteiger partial charge on any atom is 0.310 e. The largest absolute Gasteiger partial charge is 0.469 e. The topological polar surface area (TPSA) is 62.4 Å². The standard InChI is InChI=1S/C21H26N2O3/c1-4-12-11-23(2)17-9-15-13-7-5-6-8-16(13)22-20(15)18(24)10-14(12)19(17)21(25)26-3/h5-8,12,14,17,19,22H,4,9-11H2,1-3H3/t12-,14+,17+,19?/m1/s1. The minimum Gasteiger partial charge on any atom is -0.469 e. The highest BCUT2D eigenvalue weighted by atomic mass is 16.5. The number of rotatable bonds is 2. The lowest BCUT2D eigenvalue weighted by atomic mass is 9.67. The molecule has 138 valence electrons. The van der Waals surface area contributed by atoms with E-state index in [2.05, 4.69) is 29.9 Å². The van der Waals surface area contributed by atoms with Crippen LogP contribution in [0.3, 0.4) is 0 Å². The second-order valence-corrected chi connectivity index (χ2v) is 7.74. The van der Waals surface area contributed by atoms with E-state index < -0.39 is 0 Å². The first-order chi connectivity index (χ1) is 12.5. The number of nitrogens with zero attached hydrogens (tertiary/aromatic N) is 1. The van der Waals surface area contributed by atoms with Gasteiger partial charge in [0, 0.05) is 29.9 Å². The molecule has 1 aromatic carbocycles. The van der Waals surface area contributed by atoms with E-state index in [0.717, 1.165) is 35.1 Å². The molecule has 2 bridgehead atoms. The molecule has 5 nitrogen and oxygen atoms in total. The van der Waals surface area contributed by atoms with Crippen molar-refractivity contribution in [1.29, 1.82) is 0 Å². The van der Waals surface area contributed by atoms with Crippen molar-refractivity contribution >= 4 is 22.7 Å². The first kappa shape index (κ1) is 17.3. The highest BCUT2D eigenvalue weighted by Gasteiger charge is 2.48. The van der Waals surface area contributed by atoms with Crippen LogP contribution < -0.4 is 0 Å². The number of carbonyl (C=O) groups excluding carboxylic acids is 2. The quantitative estimate of drug-likeness (QED) is 0.842. The molecule has 5 heteroatoms. The highest BCUT2D eigenvalue weighted by molar-refractivity contribution is 6.03. The second-order valence-electron chi connectivity index (χ2n) is 7.74. The summed E-state index contributed by atoms with van der Waals surface area (Å²) in [5.74, 6) is 0.0584. The zero-order chi connectivity index (χ0) is 18.4. The van der Waals surface area contributed by atoms with Crippen LogP contribution in [0.25, 0.3) is 10.9 Å². The summed E-state index contributed by atoms with van der Waals surface area (Å²) < 4.78 is 5.17. The number of ether oxygens (including phenoxy) is 1. The van der Waals surface area contributed by atoms with Gasteiger partial charge in [0.1, 0.15) is 0 Å². The Bertz CT molecular complexity index is 856. The third-order valence-corrected chi connectivity index (χ3v) is 6.49. The molecule has 1 N–H and O–H groups in total. The SMILES string of the molecule is CC[C@@H]1CN(C)[C@H]2Cc3c([nH]c4ccccc34)C(=O)C[C@@H]1C2C(=O)OC. The summed E-state index contributed by atoms with van der Waals surface area (Å²) in [5, 5.41) is 1.09. The molecule has 4 atom stereocenters. The van der Waals surface area contributed by atoms with Gasteiger partial charge in [-0.3, -0.25) is 9.59 Å². The van der Waals surface area contributed by atoms with Crippen LogP contribution in [0.2, 0.25) is 0 Å². The normalized spacial score (nSPS) is 29.1. The van der Waals surface area contributed by atoms with Gasteiger partial charge in [-0.05, 0) is 36.9 Å². The number of esters is 1. The number of likely N-dealkylation sites (N-methyl/N-ethyl adjacent to an activating group) is 1. The van der Waals surface area contributed by atoms with E-state index in [-0.39, 0.29) is 29.6 Å². The summed E-state index contributed by atoms with van der Waals surface area (Å²) in [6, 6.07) is 8.10. The van der Waals surface area contributed by atoms with E-state index in [1.165, 1.54) is 7.11 Å². The number of benzene rings is 1. The summed E-state index contributed by atoms with van der Waals surface area (Å²) in [7, 11) is 3.55. The second kappa shape index (κ2) is 6.54. The van der Waals surface area contributed by atoms with E-state index >= 15 is 0 Å². The number of fused-ring (bicyclic) bond motifs is 5. The Labute approximate surface area is 153 Å². The summed E-state index contributed by atoms with van der Waals surface area (Å²) in [6.45, 7) is 3.06. The number of likely N-dealkylation sites (tertiary alicyclic amines) is 1. The average molecular weight is 354 g/mol. The third kappa shape index (κ3) is 2.57. The van der Waals surface area contributed by atoms with Gasteiger partial charge in [0.05, 0.1) is 18.7 Å². The van der Waals surface area contributed by atoms with Crippen LogP contribution >= 0.6 is 0 Å². The van der Waals surface area contributed by atoms with E-state index in [1.807, 2.05) is 18.2 Å². The average Bonchev–Trinajstić information content (AvgIpc) is 3.01. The number of aromatic nitrogens is 1. The molecule has 1 fully saturated rings. The van der Waals surface area contributed by atoms with Gasteiger partial charge < -0.3 is 14.6 Å².